The van der Waals surface area contributed by atoms with Crippen molar-refractivity contribution in [2.24, 2.45) is 0 Å². The highest BCUT2D eigenvalue weighted by Crippen LogP contribution is 2.25. The van der Waals surface area contributed by atoms with Gasteiger partial charge in [0.15, 0.2) is 0 Å². The summed E-state index contributed by atoms with van der Waals surface area (Å²) in [7, 11) is 0. The average molecular weight is 243 g/mol. The Morgan fingerprint density at radius 3 is 2.56 bits per heavy atom. The van der Waals surface area contributed by atoms with Crippen molar-refractivity contribution in [3.8, 4) is 5.75 Å². The summed E-state index contributed by atoms with van der Waals surface area (Å²) in [5, 5.41) is 10.3. The Labute approximate surface area is 107 Å². The highest BCUT2D eigenvalue weighted by Gasteiger charge is 2.12. The SMILES string of the molecule is CCOc1ccc(C(O)c2cnccc2C)cc1. The van der Waals surface area contributed by atoms with Crippen molar-refractivity contribution in [1.29, 1.82) is 0 Å². The molecule has 0 saturated heterocycles. The van der Waals surface area contributed by atoms with Crippen LogP contribution < -0.4 is 4.74 Å². The Kier molecular flexibility index (Phi) is 3.95. The van der Waals surface area contributed by atoms with E-state index in [-0.39, 0.29) is 0 Å². The summed E-state index contributed by atoms with van der Waals surface area (Å²) in [6.45, 7) is 4.56. The number of aliphatic hydroxyl groups excluding tert-OH is 1. The van der Waals surface area contributed by atoms with E-state index in [2.05, 4.69) is 4.98 Å². The summed E-state index contributed by atoms with van der Waals surface area (Å²) in [5.41, 5.74) is 2.71. The average Bonchev–Trinajstić information content (AvgIpc) is 2.40. The molecule has 2 aromatic rings. The molecule has 3 heteroatoms. The van der Waals surface area contributed by atoms with Gasteiger partial charge in [-0.15, -0.1) is 0 Å². The molecule has 1 N–H and O–H groups in total. The lowest BCUT2D eigenvalue weighted by Crippen LogP contribution is -2.02. The van der Waals surface area contributed by atoms with Crippen molar-refractivity contribution in [2.45, 2.75) is 20.0 Å². The summed E-state index contributed by atoms with van der Waals surface area (Å²) in [5.74, 6) is 0.816. The Hall–Kier alpha value is -1.87. The minimum Gasteiger partial charge on any atom is -0.494 e. The van der Waals surface area contributed by atoms with Crippen LogP contribution >= 0.6 is 0 Å². The Balaban J connectivity index is 2.23. The number of hydrogen-bond donors (Lipinski definition) is 1. The predicted molar refractivity (Wildman–Crippen MR) is 70.6 cm³/mol. The minimum atomic E-state index is -0.644. The second kappa shape index (κ2) is 5.65. The molecular formula is C15H17NO2. The zero-order valence-corrected chi connectivity index (χ0v) is 10.6. The lowest BCUT2D eigenvalue weighted by atomic mass is 9.99. The maximum Gasteiger partial charge on any atom is 0.119 e. The standard InChI is InChI=1S/C15H17NO2/c1-3-18-13-6-4-12(5-7-13)15(17)14-10-16-9-8-11(14)2/h4-10,15,17H,3H2,1-2H3. The quantitative estimate of drug-likeness (QED) is 0.897. The monoisotopic (exact) mass is 243 g/mol. The van der Waals surface area contributed by atoms with Gasteiger partial charge in [0, 0.05) is 18.0 Å². The van der Waals surface area contributed by atoms with Crippen molar-refractivity contribution in [1.82, 2.24) is 4.98 Å². The number of ether oxygens (including phenoxy) is 1. The van der Waals surface area contributed by atoms with Crippen LogP contribution in [-0.2, 0) is 0 Å². The molecule has 0 saturated carbocycles. The molecule has 2 rings (SSSR count). The first-order chi connectivity index (χ1) is 8.72. The van der Waals surface area contributed by atoms with Gasteiger partial charge in [-0.3, -0.25) is 4.98 Å². The molecule has 0 aliphatic heterocycles. The normalized spacial score (nSPS) is 12.2. The third kappa shape index (κ3) is 2.68. The molecule has 94 valence electrons. The number of pyridine rings is 1. The molecule has 0 fully saturated rings. The zero-order chi connectivity index (χ0) is 13.0. The maximum atomic E-state index is 10.3. The van der Waals surface area contributed by atoms with Crippen molar-refractivity contribution < 1.29 is 9.84 Å². The van der Waals surface area contributed by atoms with Crippen molar-refractivity contribution in [2.75, 3.05) is 6.61 Å². The van der Waals surface area contributed by atoms with E-state index in [4.69, 9.17) is 4.74 Å². The van der Waals surface area contributed by atoms with E-state index >= 15 is 0 Å². The number of benzene rings is 1. The van der Waals surface area contributed by atoms with Gasteiger partial charge in [-0.05, 0) is 43.2 Å². The molecule has 0 amide bonds. The summed E-state index contributed by atoms with van der Waals surface area (Å²) >= 11 is 0. The molecule has 0 aliphatic rings. The van der Waals surface area contributed by atoms with Crippen LogP contribution in [0.15, 0.2) is 42.7 Å². The van der Waals surface area contributed by atoms with Crippen LogP contribution in [0.4, 0.5) is 0 Å². The van der Waals surface area contributed by atoms with Crippen molar-refractivity contribution in [3.63, 3.8) is 0 Å². The van der Waals surface area contributed by atoms with E-state index in [1.807, 2.05) is 44.2 Å². The molecule has 18 heavy (non-hydrogen) atoms. The van der Waals surface area contributed by atoms with Gasteiger partial charge in [0.2, 0.25) is 0 Å². The van der Waals surface area contributed by atoms with Gasteiger partial charge in [0.25, 0.3) is 0 Å². The van der Waals surface area contributed by atoms with Crippen molar-refractivity contribution in [3.05, 3.63) is 59.4 Å². The Morgan fingerprint density at radius 1 is 1.22 bits per heavy atom. The van der Waals surface area contributed by atoms with E-state index in [1.165, 1.54) is 0 Å². The fourth-order valence-corrected chi connectivity index (χ4v) is 1.86. The van der Waals surface area contributed by atoms with E-state index < -0.39 is 6.10 Å². The lowest BCUT2D eigenvalue weighted by molar-refractivity contribution is 0.219. The molecule has 1 aromatic heterocycles. The summed E-state index contributed by atoms with van der Waals surface area (Å²) in [4.78, 5) is 4.05. The Bertz CT molecular complexity index is 508. The largest absolute Gasteiger partial charge is 0.494 e. The van der Waals surface area contributed by atoms with Crippen LogP contribution in [0, 0.1) is 6.92 Å². The van der Waals surface area contributed by atoms with Gasteiger partial charge in [-0.2, -0.15) is 0 Å². The molecule has 3 nitrogen and oxygen atoms in total. The van der Waals surface area contributed by atoms with Gasteiger partial charge in [-0.1, -0.05) is 12.1 Å². The minimum absolute atomic E-state index is 0.642. The molecule has 1 unspecified atom stereocenters. The van der Waals surface area contributed by atoms with Crippen molar-refractivity contribution >= 4 is 0 Å². The van der Waals surface area contributed by atoms with Gasteiger partial charge in [0.1, 0.15) is 11.9 Å². The number of aliphatic hydroxyl groups is 1. The molecule has 0 aliphatic carbocycles. The van der Waals surface area contributed by atoms with Gasteiger partial charge < -0.3 is 9.84 Å². The highest BCUT2D eigenvalue weighted by atomic mass is 16.5. The number of hydrogen-bond acceptors (Lipinski definition) is 3. The number of aryl methyl sites for hydroxylation is 1. The molecule has 0 spiro atoms. The third-order valence-electron chi connectivity index (χ3n) is 2.88. The summed E-state index contributed by atoms with van der Waals surface area (Å²) < 4.78 is 5.38. The molecular weight excluding hydrogens is 226 g/mol. The fourth-order valence-electron chi connectivity index (χ4n) is 1.86. The molecule has 1 atom stereocenters. The first-order valence-electron chi connectivity index (χ1n) is 6.03. The molecule has 1 heterocycles. The number of rotatable bonds is 4. The predicted octanol–water partition coefficient (Wildman–Crippen LogP) is 2.87. The summed E-state index contributed by atoms with van der Waals surface area (Å²) in [6.07, 6.45) is 2.79. The highest BCUT2D eigenvalue weighted by molar-refractivity contribution is 5.35. The number of aromatic nitrogens is 1. The second-order valence-electron chi connectivity index (χ2n) is 4.14. The first kappa shape index (κ1) is 12.6. The topological polar surface area (TPSA) is 42.4 Å². The van der Waals surface area contributed by atoms with Gasteiger partial charge in [-0.25, -0.2) is 0 Å². The smallest absolute Gasteiger partial charge is 0.119 e. The van der Waals surface area contributed by atoms with Gasteiger partial charge >= 0.3 is 0 Å². The molecule has 1 aromatic carbocycles. The van der Waals surface area contributed by atoms with Gasteiger partial charge in [0.05, 0.1) is 6.61 Å². The third-order valence-corrected chi connectivity index (χ3v) is 2.88. The van der Waals surface area contributed by atoms with E-state index in [1.54, 1.807) is 12.4 Å². The Morgan fingerprint density at radius 2 is 1.94 bits per heavy atom. The van der Waals surface area contributed by atoms with Crippen LogP contribution in [0.1, 0.15) is 29.7 Å². The molecule has 0 bridgehead atoms. The summed E-state index contributed by atoms with van der Waals surface area (Å²) in [6, 6.07) is 9.39. The second-order valence-corrected chi connectivity index (χ2v) is 4.14. The van der Waals surface area contributed by atoms with E-state index in [0.29, 0.717) is 6.61 Å². The van der Waals surface area contributed by atoms with Crippen LogP contribution in [0.5, 0.6) is 5.75 Å². The van der Waals surface area contributed by atoms with Crippen LogP contribution in [0.3, 0.4) is 0 Å². The number of nitrogens with zero attached hydrogens (tertiary/aromatic N) is 1. The van der Waals surface area contributed by atoms with Crippen LogP contribution in [-0.4, -0.2) is 16.7 Å². The lowest BCUT2D eigenvalue weighted by Gasteiger charge is -2.14. The van der Waals surface area contributed by atoms with E-state index in [0.717, 1.165) is 22.4 Å². The van der Waals surface area contributed by atoms with E-state index in [9.17, 15) is 5.11 Å². The van der Waals surface area contributed by atoms with Crippen LogP contribution in [0.25, 0.3) is 0 Å². The molecule has 0 radical (unpaired) electrons. The maximum absolute atomic E-state index is 10.3. The zero-order valence-electron chi connectivity index (χ0n) is 10.6. The van der Waals surface area contributed by atoms with Crippen LogP contribution in [0.2, 0.25) is 0 Å². The first-order valence-corrected chi connectivity index (χ1v) is 6.03. The fraction of sp³-hybridized carbons (Fsp3) is 0.267.